The summed E-state index contributed by atoms with van der Waals surface area (Å²) in [6.07, 6.45) is 0. The van der Waals surface area contributed by atoms with E-state index in [0.717, 1.165) is 0 Å². The van der Waals surface area contributed by atoms with Gasteiger partial charge < -0.3 is 10.0 Å². The van der Waals surface area contributed by atoms with Gasteiger partial charge in [-0.2, -0.15) is 0 Å². The van der Waals surface area contributed by atoms with Crippen molar-refractivity contribution in [1.29, 1.82) is 0 Å². The Balaban J connectivity index is 3.19. The van der Waals surface area contributed by atoms with Crippen molar-refractivity contribution >= 4 is 17.3 Å². The van der Waals surface area contributed by atoms with Crippen LogP contribution in [-0.2, 0) is 4.79 Å². The molecule has 0 radical (unpaired) electrons. The number of nitro benzene ring substituents is 1. The number of likely N-dealkylation sites (N-methyl/N-ethyl adjacent to an activating group) is 1. The summed E-state index contributed by atoms with van der Waals surface area (Å²) in [5.74, 6) is -1.03. The molecule has 86 valence electrons. The van der Waals surface area contributed by atoms with Gasteiger partial charge in [0.15, 0.2) is 0 Å². The number of nitro groups is 1. The predicted octanol–water partition coefficient (Wildman–Crippen LogP) is 1.42. The van der Waals surface area contributed by atoms with Crippen LogP contribution in [0.3, 0.4) is 0 Å². The molecule has 0 heterocycles. The maximum absolute atomic E-state index is 10.8. The summed E-state index contributed by atoms with van der Waals surface area (Å²) in [6.45, 7) is 1.44. The molecule has 1 N–H and O–H groups in total. The molecule has 0 atom stereocenters. The van der Waals surface area contributed by atoms with Gasteiger partial charge in [0.25, 0.3) is 5.69 Å². The normalized spacial score (nSPS) is 9.88. The molecule has 0 aromatic heterocycles. The van der Waals surface area contributed by atoms with Crippen molar-refractivity contribution in [3.63, 3.8) is 0 Å². The van der Waals surface area contributed by atoms with Gasteiger partial charge in [0.05, 0.1) is 4.92 Å². The smallest absolute Gasteiger partial charge is 0.323 e. The summed E-state index contributed by atoms with van der Waals surface area (Å²) >= 11 is 0. The summed E-state index contributed by atoms with van der Waals surface area (Å²) in [4.78, 5) is 22.2. The van der Waals surface area contributed by atoms with Crippen LogP contribution in [0.2, 0.25) is 0 Å². The van der Waals surface area contributed by atoms with E-state index in [0.29, 0.717) is 11.3 Å². The SMILES string of the molecule is Cc1cccc([N+](=O)[O-])c1N(C)CC(=O)O. The van der Waals surface area contributed by atoms with Crippen LogP contribution in [0.4, 0.5) is 11.4 Å². The van der Waals surface area contributed by atoms with Gasteiger partial charge in [-0.25, -0.2) is 0 Å². The van der Waals surface area contributed by atoms with Crippen LogP contribution in [0.1, 0.15) is 5.56 Å². The number of anilines is 1. The number of benzene rings is 1. The Kier molecular flexibility index (Phi) is 3.44. The Hall–Kier alpha value is -2.11. The maximum atomic E-state index is 10.8. The molecular formula is C10H12N2O4. The van der Waals surface area contributed by atoms with Gasteiger partial charge in [-0.05, 0) is 12.5 Å². The number of aryl methyl sites for hydroxylation is 1. The lowest BCUT2D eigenvalue weighted by molar-refractivity contribution is -0.384. The first-order chi connectivity index (χ1) is 7.43. The number of para-hydroxylation sites is 1. The number of carboxylic acids is 1. The van der Waals surface area contributed by atoms with E-state index in [1.54, 1.807) is 19.1 Å². The highest BCUT2D eigenvalue weighted by molar-refractivity contribution is 5.77. The lowest BCUT2D eigenvalue weighted by Crippen LogP contribution is -2.26. The third-order valence-electron chi connectivity index (χ3n) is 2.17. The second kappa shape index (κ2) is 4.61. The number of carboxylic acid groups (broad SMARTS) is 1. The van der Waals surface area contributed by atoms with Crippen LogP contribution < -0.4 is 4.90 Å². The Bertz CT molecular complexity index is 431. The number of nitrogens with zero attached hydrogens (tertiary/aromatic N) is 2. The largest absolute Gasteiger partial charge is 0.480 e. The lowest BCUT2D eigenvalue weighted by atomic mass is 10.1. The monoisotopic (exact) mass is 224 g/mol. The summed E-state index contributed by atoms with van der Waals surface area (Å²) in [5, 5.41) is 19.4. The van der Waals surface area contributed by atoms with Crippen molar-refractivity contribution < 1.29 is 14.8 Å². The van der Waals surface area contributed by atoms with Crippen LogP contribution >= 0.6 is 0 Å². The Morgan fingerprint density at radius 1 is 1.56 bits per heavy atom. The molecule has 0 aliphatic carbocycles. The highest BCUT2D eigenvalue weighted by atomic mass is 16.6. The Morgan fingerprint density at radius 2 is 2.19 bits per heavy atom. The number of carbonyl (C=O) groups is 1. The van der Waals surface area contributed by atoms with E-state index in [1.165, 1.54) is 18.0 Å². The zero-order chi connectivity index (χ0) is 12.3. The number of rotatable bonds is 4. The molecule has 0 amide bonds. The van der Waals surface area contributed by atoms with E-state index >= 15 is 0 Å². The Labute approximate surface area is 92.3 Å². The van der Waals surface area contributed by atoms with Crippen LogP contribution in [0, 0.1) is 17.0 Å². The first kappa shape index (κ1) is 12.0. The molecule has 6 nitrogen and oxygen atoms in total. The van der Waals surface area contributed by atoms with Gasteiger partial charge in [-0.15, -0.1) is 0 Å². The summed E-state index contributed by atoms with van der Waals surface area (Å²) in [5.41, 5.74) is 0.941. The highest BCUT2D eigenvalue weighted by Gasteiger charge is 2.20. The molecule has 0 bridgehead atoms. The third kappa shape index (κ3) is 2.47. The highest BCUT2D eigenvalue weighted by Crippen LogP contribution is 2.30. The topological polar surface area (TPSA) is 83.7 Å². The standard InChI is InChI=1S/C10H12N2O4/c1-7-4-3-5-8(12(15)16)10(7)11(2)6-9(13)14/h3-5H,6H2,1-2H3,(H,13,14). The first-order valence-electron chi connectivity index (χ1n) is 4.60. The number of hydrogen-bond donors (Lipinski definition) is 1. The molecule has 0 fully saturated rings. The molecule has 0 unspecified atom stereocenters. The van der Waals surface area contributed by atoms with Crippen LogP contribution in [0.5, 0.6) is 0 Å². The van der Waals surface area contributed by atoms with Gasteiger partial charge in [0, 0.05) is 13.1 Å². The second-order valence-corrected chi connectivity index (χ2v) is 3.45. The van der Waals surface area contributed by atoms with E-state index < -0.39 is 10.9 Å². The molecule has 0 spiro atoms. The first-order valence-corrected chi connectivity index (χ1v) is 4.60. The zero-order valence-corrected chi connectivity index (χ0v) is 9.01. The fourth-order valence-electron chi connectivity index (χ4n) is 1.57. The average Bonchev–Trinajstić information content (AvgIpc) is 2.15. The molecule has 6 heteroatoms. The number of hydrogen-bond acceptors (Lipinski definition) is 4. The molecule has 0 saturated carbocycles. The second-order valence-electron chi connectivity index (χ2n) is 3.45. The fourth-order valence-corrected chi connectivity index (χ4v) is 1.57. The summed E-state index contributed by atoms with van der Waals surface area (Å²) in [7, 11) is 1.52. The van der Waals surface area contributed by atoms with Crippen molar-refractivity contribution in [1.82, 2.24) is 0 Å². The van der Waals surface area contributed by atoms with E-state index in [1.807, 2.05) is 0 Å². The van der Waals surface area contributed by atoms with Gasteiger partial charge >= 0.3 is 5.97 Å². The van der Waals surface area contributed by atoms with Crippen LogP contribution in [-0.4, -0.2) is 29.6 Å². The minimum Gasteiger partial charge on any atom is -0.480 e. The van der Waals surface area contributed by atoms with Crippen molar-refractivity contribution in [3.05, 3.63) is 33.9 Å². The molecular weight excluding hydrogens is 212 g/mol. The summed E-state index contributed by atoms with van der Waals surface area (Å²) in [6, 6.07) is 4.65. The molecule has 0 saturated heterocycles. The quantitative estimate of drug-likeness (QED) is 0.617. The predicted molar refractivity (Wildman–Crippen MR) is 58.7 cm³/mol. The van der Waals surface area contributed by atoms with Crippen molar-refractivity contribution in [2.24, 2.45) is 0 Å². The zero-order valence-electron chi connectivity index (χ0n) is 9.01. The van der Waals surface area contributed by atoms with E-state index in [9.17, 15) is 14.9 Å². The Morgan fingerprint density at radius 3 is 2.69 bits per heavy atom. The van der Waals surface area contributed by atoms with Crippen LogP contribution in [0.25, 0.3) is 0 Å². The maximum Gasteiger partial charge on any atom is 0.323 e. The molecule has 1 rings (SSSR count). The van der Waals surface area contributed by atoms with Crippen molar-refractivity contribution in [2.75, 3.05) is 18.5 Å². The van der Waals surface area contributed by atoms with E-state index in [2.05, 4.69) is 0 Å². The third-order valence-corrected chi connectivity index (χ3v) is 2.17. The lowest BCUT2D eigenvalue weighted by Gasteiger charge is -2.18. The van der Waals surface area contributed by atoms with Crippen molar-refractivity contribution in [3.8, 4) is 0 Å². The molecule has 0 aliphatic rings. The van der Waals surface area contributed by atoms with Crippen molar-refractivity contribution in [2.45, 2.75) is 6.92 Å². The van der Waals surface area contributed by atoms with Gasteiger partial charge in [-0.1, -0.05) is 12.1 Å². The number of aliphatic carboxylic acids is 1. The average molecular weight is 224 g/mol. The van der Waals surface area contributed by atoms with Gasteiger partial charge in [0.2, 0.25) is 0 Å². The van der Waals surface area contributed by atoms with E-state index in [-0.39, 0.29) is 12.2 Å². The molecule has 16 heavy (non-hydrogen) atoms. The molecule has 1 aromatic carbocycles. The minimum atomic E-state index is -1.03. The molecule has 1 aromatic rings. The van der Waals surface area contributed by atoms with Crippen LogP contribution in [0.15, 0.2) is 18.2 Å². The fraction of sp³-hybridized carbons (Fsp3) is 0.300. The van der Waals surface area contributed by atoms with Gasteiger partial charge in [0.1, 0.15) is 12.2 Å². The summed E-state index contributed by atoms with van der Waals surface area (Å²) < 4.78 is 0. The van der Waals surface area contributed by atoms with Gasteiger partial charge in [-0.3, -0.25) is 14.9 Å². The molecule has 0 aliphatic heterocycles. The minimum absolute atomic E-state index is 0.0799. The van der Waals surface area contributed by atoms with E-state index in [4.69, 9.17) is 5.11 Å².